The van der Waals surface area contributed by atoms with Crippen LogP contribution in [0.15, 0.2) is 160 Å². The van der Waals surface area contributed by atoms with E-state index in [4.69, 9.17) is 23.8 Å². The first-order valence-corrected chi connectivity index (χ1v) is 16.7. The molecule has 0 N–H and O–H groups in total. The number of benzene rings is 8. The first-order chi connectivity index (χ1) is 24.7. The summed E-state index contributed by atoms with van der Waals surface area (Å²) >= 11 is 0. The van der Waals surface area contributed by atoms with E-state index in [0.717, 1.165) is 71.3 Å². The zero-order valence-electron chi connectivity index (χ0n) is 26.6. The van der Waals surface area contributed by atoms with Crippen molar-refractivity contribution < 1.29 is 8.83 Å². The van der Waals surface area contributed by atoms with Crippen LogP contribution in [0.1, 0.15) is 0 Å². The average molecular weight is 640 g/mol. The molecule has 0 spiro atoms. The summed E-state index contributed by atoms with van der Waals surface area (Å²) in [6.07, 6.45) is 0. The third-order valence-electron chi connectivity index (χ3n) is 9.90. The predicted octanol–water partition coefficient (Wildman–Crippen LogP) is 12.1. The van der Waals surface area contributed by atoms with Gasteiger partial charge in [0.2, 0.25) is 0 Å². The Hall–Kier alpha value is -6.85. The summed E-state index contributed by atoms with van der Waals surface area (Å²) in [5.41, 5.74) is 6.20. The Kier molecular flexibility index (Phi) is 5.60. The Labute approximate surface area is 285 Å². The lowest BCUT2D eigenvalue weighted by atomic mass is 9.94. The van der Waals surface area contributed by atoms with E-state index >= 15 is 0 Å². The van der Waals surface area contributed by atoms with Gasteiger partial charge in [-0.25, -0.2) is 15.0 Å². The van der Waals surface area contributed by atoms with Crippen molar-refractivity contribution in [3.8, 4) is 34.2 Å². The van der Waals surface area contributed by atoms with Gasteiger partial charge in [0.05, 0.1) is 0 Å². The molecule has 0 aliphatic rings. The number of aromatic nitrogens is 3. The van der Waals surface area contributed by atoms with Crippen molar-refractivity contribution in [2.45, 2.75) is 0 Å². The normalized spacial score (nSPS) is 12.0. The minimum atomic E-state index is 0.593. The zero-order valence-corrected chi connectivity index (χ0v) is 26.6. The van der Waals surface area contributed by atoms with Crippen LogP contribution < -0.4 is 0 Å². The van der Waals surface area contributed by atoms with Crippen LogP contribution in [0.5, 0.6) is 0 Å². The number of nitrogens with zero attached hydrogens (tertiary/aromatic N) is 3. The van der Waals surface area contributed by atoms with E-state index in [-0.39, 0.29) is 0 Å². The highest BCUT2D eigenvalue weighted by Crippen LogP contribution is 2.40. The van der Waals surface area contributed by atoms with Crippen LogP contribution in [0.4, 0.5) is 0 Å². The van der Waals surface area contributed by atoms with Crippen molar-refractivity contribution in [1.29, 1.82) is 0 Å². The molecule has 8 aromatic carbocycles. The van der Waals surface area contributed by atoms with Crippen molar-refractivity contribution in [2.75, 3.05) is 0 Å². The maximum Gasteiger partial charge on any atom is 0.164 e. The molecule has 3 aromatic heterocycles. The quantitative estimate of drug-likeness (QED) is 0.180. The number of rotatable bonds is 3. The summed E-state index contributed by atoms with van der Waals surface area (Å²) in [7, 11) is 0. The van der Waals surface area contributed by atoms with Crippen molar-refractivity contribution >= 4 is 76.2 Å². The Morgan fingerprint density at radius 3 is 1.64 bits per heavy atom. The van der Waals surface area contributed by atoms with Gasteiger partial charge in [0.15, 0.2) is 17.5 Å². The fourth-order valence-corrected chi connectivity index (χ4v) is 7.51. The molecule has 0 radical (unpaired) electrons. The Morgan fingerprint density at radius 2 is 0.840 bits per heavy atom. The van der Waals surface area contributed by atoms with Crippen LogP contribution in [0.2, 0.25) is 0 Å². The molecule has 232 valence electrons. The fourth-order valence-electron chi connectivity index (χ4n) is 7.51. The minimum absolute atomic E-state index is 0.593. The van der Waals surface area contributed by atoms with E-state index in [9.17, 15) is 0 Å². The van der Waals surface area contributed by atoms with E-state index in [1.54, 1.807) is 0 Å². The molecule has 0 fully saturated rings. The van der Waals surface area contributed by atoms with Crippen LogP contribution in [0, 0.1) is 0 Å². The van der Waals surface area contributed by atoms with Crippen molar-refractivity contribution in [1.82, 2.24) is 15.0 Å². The minimum Gasteiger partial charge on any atom is -0.456 e. The molecule has 3 heterocycles. The van der Waals surface area contributed by atoms with Crippen molar-refractivity contribution in [3.63, 3.8) is 0 Å². The molecule has 0 saturated heterocycles. The first kappa shape index (κ1) is 27.1. The number of fused-ring (bicyclic) bond motifs is 12. The average Bonchev–Trinajstić information content (AvgIpc) is 3.76. The molecule has 0 amide bonds. The topological polar surface area (TPSA) is 65.0 Å². The molecule has 50 heavy (non-hydrogen) atoms. The van der Waals surface area contributed by atoms with Crippen LogP contribution >= 0.6 is 0 Å². The highest BCUT2D eigenvalue weighted by Gasteiger charge is 2.17. The zero-order chi connectivity index (χ0) is 32.8. The van der Waals surface area contributed by atoms with E-state index < -0.39 is 0 Å². The van der Waals surface area contributed by atoms with Gasteiger partial charge in [-0.1, -0.05) is 109 Å². The molecule has 0 unspecified atom stereocenters. The van der Waals surface area contributed by atoms with Gasteiger partial charge in [-0.05, 0) is 69.4 Å². The van der Waals surface area contributed by atoms with Gasteiger partial charge in [-0.2, -0.15) is 0 Å². The SMILES string of the molecule is c1ccc(-c2nc(-c3ccc4c(ccc5ccc6c(ccc7c8ccccc8oc76)c54)c3)nc(-c3ccc4c(c3)oc3ccccc34)n2)cc1. The molecule has 0 aliphatic heterocycles. The second-order valence-electron chi connectivity index (χ2n) is 12.8. The lowest BCUT2D eigenvalue weighted by molar-refractivity contribution is 0.669. The monoisotopic (exact) mass is 639 g/mol. The molecule has 0 saturated carbocycles. The molecule has 5 nitrogen and oxygen atoms in total. The Bertz CT molecular complexity index is 3160. The number of hydrogen-bond acceptors (Lipinski definition) is 5. The number of furan rings is 2. The highest BCUT2D eigenvalue weighted by atomic mass is 16.3. The largest absolute Gasteiger partial charge is 0.456 e. The van der Waals surface area contributed by atoms with Crippen LogP contribution in [-0.4, -0.2) is 15.0 Å². The lowest BCUT2D eigenvalue weighted by Gasteiger charge is -2.11. The van der Waals surface area contributed by atoms with Gasteiger partial charge in [-0.15, -0.1) is 0 Å². The molecule has 11 aromatic rings. The van der Waals surface area contributed by atoms with Crippen LogP contribution in [0.25, 0.3) is 110 Å². The standard InChI is InChI=1S/C45H25N3O2/c1-2-8-27(9-3-1)43-46-44(48-45(47-43)30-18-20-34-32-10-4-6-12-38(32)49-40(34)25-30)29-17-19-31-28(24-29)15-14-26-16-21-37-35(41(26)31)22-23-36-33-11-5-7-13-39(33)50-42(36)37/h1-25H. The molecule has 0 bridgehead atoms. The maximum atomic E-state index is 6.41. The second kappa shape index (κ2) is 10.3. The van der Waals surface area contributed by atoms with Gasteiger partial charge in [0.1, 0.15) is 22.3 Å². The lowest BCUT2D eigenvalue weighted by Crippen LogP contribution is -2.00. The third kappa shape index (κ3) is 4.04. The second-order valence-corrected chi connectivity index (χ2v) is 12.8. The summed E-state index contributed by atoms with van der Waals surface area (Å²) in [6.45, 7) is 0. The Balaban J connectivity index is 1.10. The summed E-state index contributed by atoms with van der Waals surface area (Å²) in [6, 6.07) is 52.3. The Morgan fingerprint density at radius 1 is 0.320 bits per heavy atom. The van der Waals surface area contributed by atoms with E-state index in [1.807, 2.05) is 66.7 Å². The maximum absolute atomic E-state index is 6.41. The summed E-state index contributed by atoms with van der Waals surface area (Å²) in [5, 5.41) is 11.4. The van der Waals surface area contributed by atoms with E-state index in [1.165, 1.54) is 21.5 Å². The highest BCUT2D eigenvalue weighted by molar-refractivity contribution is 6.26. The number of para-hydroxylation sites is 2. The fraction of sp³-hybridized carbons (Fsp3) is 0. The van der Waals surface area contributed by atoms with E-state index in [2.05, 4.69) is 84.9 Å². The molecule has 0 atom stereocenters. The first-order valence-electron chi connectivity index (χ1n) is 16.7. The van der Waals surface area contributed by atoms with Gasteiger partial charge < -0.3 is 8.83 Å². The molecule has 0 aliphatic carbocycles. The van der Waals surface area contributed by atoms with E-state index in [0.29, 0.717) is 17.5 Å². The van der Waals surface area contributed by atoms with Crippen molar-refractivity contribution in [2.24, 2.45) is 0 Å². The van der Waals surface area contributed by atoms with Gasteiger partial charge in [0, 0.05) is 43.6 Å². The summed E-state index contributed by atoms with van der Waals surface area (Å²) in [5.74, 6) is 1.83. The van der Waals surface area contributed by atoms with Gasteiger partial charge >= 0.3 is 0 Å². The van der Waals surface area contributed by atoms with Crippen LogP contribution in [-0.2, 0) is 0 Å². The molecular weight excluding hydrogens is 615 g/mol. The van der Waals surface area contributed by atoms with Crippen LogP contribution in [0.3, 0.4) is 0 Å². The summed E-state index contributed by atoms with van der Waals surface area (Å²) < 4.78 is 12.6. The predicted molar refractivity (Wildman–Crippen MR) is 203 cm³/mol. The molecular formula is C45H25N3O2. The summed E-state index contributed by atoms with van der Waals surface area (Å²) in [4.78, 5) is 15.0. The van der Waals surface area contributed by atoms with Gasteiger partial charge in [0.25, 0.3) is 0 Å². The molecule has 11 rings (SSSR count). The smallest absolute Gasteiger partial charge is 0.164 e. The number of hydrogen-bond donors (Lipinski definition) is 0. The molecule has 5 heteroatoms. The third-order valence-corrected chi connectivity index (χ3v) is 9.90. The van der Waals surface area contributed by atoms with Gasteiger partial charge in [-0.3, -0.25) is 0 Å². The van der Waals surface area contributed by atoms with Crippen molar-refractivity contribution in [3.05, 3.63) is 152 Å².